The average Bonchev–Trinajstić information content (AvgIpc) is 3.23. The molecule has 7 nitrogen and oxygen atoms in total. The van der Waals surface area contributed by atoms with Gasteiger partial charge in [0, 0.05) is 32.6 Å². The lowest BCUT2D eigenvalue weighted by Crippen LogP contribution is -2.37. The largest absolute Gasteiger partial charge is 0.375 e. The summed E-state index contributed by atoms with van der Waals surface area (Å²) in [6.07, 6.45) is 0. The minimum absolute atomic E-state index is 0.0377. The summed E-state index contributed by atoms with van der Waals surface area (Å²) in [5, 5.41) is 8.42. The molecule has 0 saturated carbocycles. The number of rotatable bonds is 7. The monoisotopic (exact) mass is 386 g/mol. The molecule has 2 amide bonds. The summed E-state index contributed by atoms with van der Waals surface area (Å²) < 4.78 is 6.68. The van der Waals surface area contributed by atoms with Crippen LogP contribution in [0.4, 0.5) is 0 Å². The van der Waals surface area contributed by atoms with E-state index in [0.717, 1.165) is 21.6 Å². The highest BCUT2D eigenvalue weighted by Crippen LogP contribution is 2.30. The molecule has 27 heavy (non-hydrogen) atoms. The number of benzene rings is 1. The second-order valence-corrected chi connectivity index (χ2v) is 7.20. The number of likely N-dealkylation sites (N-methyl/N-ethyl adjacent to an activating group) is 1. The maximum absolute atomic E-state index is 12.5. The van der Waals surface area contributed by atoms with Gasteiger partial charge in [0.2, 0.25) is 5.91 Å². The zero-order valence-corrected chi connectivity index (χ0v) is 16.4. The van der Waals surface area contributed by atoms with Crippen molar-refractivity contribution in [1.82, 2.24) is 20.0 Å². The smallest absolute Gasteiger partial charge is 0.261 e. The van der Waals surface area contributed by atoms with Gasteiger partial charge >= 0.3 is 0 Å². The van der Waals surface area contributed by atoms with E-state index in [4.69, 9.17) is 4.74 Å². The summed E-state index contributed by atoms with van der Waals surface area (Å²) in [6.45, 7) is 2.78. The first kappa shape index (κ1) is 19.1. The van der Waals surface area contributed by atoms with Crippen LogP contribution < -0.4 is 5.32 Å². The first-order chi connectivity index (χ1) is 13.0. The van der Waals surface area contributed by atoms with Gasteiger partial charge in [0.15, 0.2) is 0 Å². The fraction of sp³-hybridized carbons (Fsp3) is 0.316. The molecule has 2 heterocycles. The summed E-state index contributed by atoms with van der Waals surface area (Å²) in [4.78, 5) is 27.3. The number of hydrogen-bond acceptors (Lipinski definition) is 5. The van der Waals surface area contributed by atoms with Crippen LogP contribution in [0.25, 0.3) is 15.9 Å². The summed E-state index contributed by atoms with van der Waals surface area (Å²) in [5.74, 6) is -0.269. The van der Waals surface area contributed by atoms with Crippen LogP contribution in [0.1, 0.15) is 15.4 Å². The van der Waals surface area contributed by atoms with Gasteiger partial charge in [0.25, 0.3) is 5.91 Å². The van der Waals surface area contributed by atoms with Crippen molar-refractivity contribution in [2.45, 2.75) is 6.92 Å². The third kappa shape index (κ3) is 4.17. The van der Waals surface area contributed by atoms with Gasteiger partial charge in [-0.25, -0.2) is 4.68 Å². The second-order valence-electron chi connectivity index (χ2n) is 6.17. The second kappa shape index (κ2) is 8.32. The number of para-hydroxylation sites is 1. The van der Waals surface area contributed by atoms with Crippen LogP contribution in [0.5, 0.6) is 0 Å². The molecular weight excluding hydrogens is 364 g/mol. The molecule has 2 aromatic heterocycles. The standard InChI is InChI=1S/C19H22N4O3S/c1-13-15-11-16(18(25)20-9-10-22(2)17(24)12-26-3)27-19(15)23(21-13)14-7-5-4-6-8-14/h4-8,11H,9-10,12H2,1-3H3,(H,20,25). The number of methoxy groups -OCH3 is 1. The molecule has 0 atom stereocenters. The minimum atomic E-state index is -0.150. The maximum Gasteiger partial charge on any atom is 0.261 e. The molecule has 0 aliphatic rings. The van der Waals surface area contributed by atoms with E-state index >= 15 is 0 Å². The summed E-state index contributed by atoms with van der Waals surface area (Å²) >= 11 is 1.41. The molecule has 0 radical (unpaired) electrons. The minimum Gasteiger partial charge on any atom is -0.375 e. The number of fused-ring (bicyclic) bond motifs is 1. The van der Waals surface area contributed by atoms with E-state index in [1.165, 1.54) is 23.3 Å². The van der Waals surface area contributed by atoms with Crippen molar-refractivity contribution in [2.75, 3.05) is 33.9 Å². The van der Waals surface area contributed by atoms with Crippen molar-refractivity contribution < 1.29 is 14.3 Å². The van der Waals surface area contributed by atoms with Crippen LogP contribution in [-0.4, -0.2) is 60.3 Å². The first-order valence-electron chi connectivity index (χ1n) is 8.57. The topological polar surface area (TPSA) is 76.5 Å². The van der Waals surface area contributed by atoms with E-state index in [0.29, 0.717) is 18.0 Å². The molecule has 142 valence electrons. The summed E-state index contributed by atoms with van der Waals surface area (Å²) in [6, 6.07) is 11.7. The van der Waals surface area contributed by atoms with Gasteiger partial charge in [-0.15, -0.1) is 11.3 Å². The highest BCUT2D eigenvalue weighted by Gasteiger charge is 2.17. The van der Waals surface area contributed by atoms with E-state index in [2.05, 4.69) is 10.4 Å². The Bertz CT molecular complexity index is 949. The van der Waals surface area contributed by atoms with Crippen LogP contribution in [0.2, 0.25) is 0 Å². The number of carbonyl (C=O) groups excluding carboxylic acids is 2. The van der Waals surface area contributed by atoms with Crippen LogP contribution in [0, 0.1) is 6.92 Å². The number of aromatic nitrogens is 2. The van der Waals surface area contributed by atoms with Gasteiger partial charge in [0.05, 0.1) is 16.3 Å². The van der Waals surface area contributed by atoms with Gasteiger partial charge in [-0.05, 0) is 25.1 Å². The number of amides is 2. The Morgan fingerprint density at radius 1 is 1.30 bits per heavy atom. The van der Waals surface area contributed by atoms with Crippen molar-refractivity contribution >= 4 is 33.4 Å². The molecule has 1 aromatic carbocycles. The Labute approximate surface area is 161 Å². The lowest BCUT2D eigenvalue weighted by atomic mass is 10.3. The number of nitrogens with one attached hydrogen (secondary N) is 1. The zero-order chi connectivity index (χ0) is 19.4. The number of hydrogen-bond donors (Lipinski definition) is 1. The molecule has 0 aliphatic carbocycles. The molecule has 0 saturated heterocycles. The number of thiophene rings is 1. The number of nitrogens with zero attached hydrogens (tertiary/aromatic N) is 3. The molecule has 8 heteroatoms. The third-order valence-electron chi connectivity index (χ3n) is 4.20. The lowest BCUT2D eigenvalue weighted by molar-refractivity contribution is -0.133. The van der Waals surface area contributed by atoms with Gasteiger partial charge in [-0.3, -0.25) is 9.59 Å². The normalized spacial score (nSPS) is 10.9. The van der Waals surface area contributed by atoms with E-state index in [1.807, 2.05) is 48.0 Å². The summed E-state index contributed by atoms with van der Waals surface area (Å²) in [7, 11) is 3.16. The maximum atomic E-state index is 12.5. The van der Waals surface area contributed by atoms with Gasteiger partial charge in [0.1, 0.15) is 11.4 Å². The summed E-state index contributed by atoms with van der Waals surface area (Å²) in [5.41, 5.74) is 1.84. The lowest BCUT2D eigenvalue weighted by Gasteiger charge is -2.16. The molecular formula is C19H22N4O3S. The predicted molar refractivity (Wildman–Crippen MR) is 106 cm³/mol. The Morgan fingerprint density at radius 3 is 2.74 bits per heavy atom. The number of carbonyl (C=O) groups is 2. The van der Waals surface area contributed by atoms with Gasteiger partial charge in [-0.1, -0.05) is 18.2 Å². The van der Waals surface area contributed by atoms with Crippen LogP contribution in [0.3, 0.4) is 0 Å². The highest BCUT2D eigenvalue weighted by molar-refractivity contribution is 7.20. The van der Waals surface area contributed by atoms with E-state index < -0.39 is 0 Å². The fourth-order valence-corrected chi connectivity index (χ4v) is 3.79. The molecule has 3 rings (SSSR count). The van der Waals surface area contributed by atoms with Crippen molar-refractivity contribution in [3.8, 4) is 5.69 Å². The number of ether oxygens (including phenoxy) is 1. The third-order valence-corrected chi connectivity index (χ3v) is 5.30. The van der Waals surface area contributed by atoms with Crippen molar-refractivity contribution in [3.05, 3.63) is 47.0 Å². The Balaban J connectivity index is 1.70. The Hall–Kier alpha value is -2.71. The van der Waals surface area contributed by atoms with Crippen LogP contribution in [0.15, 0.2) is 36.4 Å². The van der Waals surface area contributed by atoms with E-state index in [-0.39, 0.29) is 18.4 Å². The Morgan fingerprint density at radius 2 is 2.04 bits per heavy atom. The van der Waals surface area contributed by atoms with Crippen LogP contribution >= 0.6 is 11.3 Å². The molecule has 0 unspecified atom stereocenters. The molecule has 0 fully saturated rings. The quantitative estimate of drug-likeness (QED) is 0.676. The highest BCUT2D eigenvalue weighted by atomic mass is 32.1. The number of aryl methyl sites for hydroxylation is 1. The Kier molecular flexibility index (Phi) is 5.88. The average molecular weight is 386 g/mol. The molecule has 0 aliphatic heterocycles. The van der Waals surface area contributed by atoms with Crippen molar-refractivity contribution in [1.29, 1.82) is 0 Å². The fourth-order valence-electron chi connectivity index (χ4n) is 2.69. The van der Waals surface area contributed by atoms with Gasteiger partial charge < -0.3 is 15.0 Å². The SMILES string of the molecule is COCC(=O)N(C)CCNC(=O)c1cc2c(C)nn(-c3ccccc3)c2s1. The molecule has 1 N–H and O–H groups in total. The zero-order valence-electron chi connectivity index (χ0n) is 15.6. The molecule has 3 aromatic rings. The molecule has 0 bridgehead atoms. The van der Waals surface area contributed by atoms with Crippen molar-refractivity contribution in [3.63, 3.8) is 0 Å². The van der Waals surface area contributed by atoms with Crippen molar-refractivity contribution in [2.24, 2.45) is 0 Å². The first-order valence-corrected chi connectivity index (χ1v) is 9.38. The predicted octanol–water partition coefficient (Wildman–Crippen LogP) is 2.23. The van der Waals surface area contributed by atoms with Gasteiger partial charge in [-0.2, -0.15) is 5.10 Å². The van der Waals surface area contributed by atoms with Crippen LogP contribution in [-0.2, 0) is 9.53 Å². The van der Waals surface area contributed by atoms with E-state index in [9.17, 15) is 9.59 Å². The van der Waals surface area contributed by atoms with E-state index in [1.54, 1.807) is 7.05 Å². The molecule has 0 spiro atoms.